The van der Waals surface area contributed by atoms with Crippen LogP contribution in [0.4, 0.5) is 4.79 Å². The number of hydrogen-bond acceptors (Lipinski definition) is 9. The smallest absolute Gasteiger partial charge is 0.410 e. The van der Waals surface area contributed by atoms with Crippen LogP contribution < -0.4 is 0 Å². The number of aliphatic hydroxyl groups is 1. The minimum atomic E-state index is -1.23. The summed E-state index contributed by atoms with van der Waals surface area (Å²) in [7, 11) is 3.09. The van der Waals surface area contributed by atoms with Gasteiger partial charge in [0, 0.05) is 36.7 Å². The van der Waals surface area contributed by atoms with Gasteiger partial charge in [-0.05, 0) is 13.3 Å². The van der Waals surface area contributed by atoms with Crippen molar-refractivity contribution in [3.8, 4) is 0 Å². The van der Waals surface area contributed by atoms with E-state index in [1.165, 1.54) is 39.6 Å². The van der Waals surface area contributed by atoms with Gasteiger partial charge in [-0.25, -0.2) is 14.4 Å². The third kappa shape index (κ3) is 4.59. The number of aliphatic carboxylic acids is 1. The number of aliphatic hydroxyl groups excluding tert-OH is 1. The second kappa shape index (κ2) is 9.74. The van der Waals surface area contributed by atoms with E-state index in [-0.39, 0.29) is 36.4 Å². The lowest BCUT2D eigenvalue weighted by atomic mass is 9.79. The topological polar surface area (TPSA) is 137 Å². The molecule has 3 aliphatic rings. The molecule has 0 unspecified atom stereocenters. The molecule has 2 N–H and O–H groups in total. The lowest BCUT2D eigenvalue weighted by Crippen LogP contribution is -2.63. The molecule has 2 amide bonds. The monoisotopic (exact) mass is 483 g/mol. The van der Waals surface area contributed by atoms with E-state index >= 15 is 0 Å². The number of hydrogen-bond donors (Lipinski definition) is 2. The maximum Gasteiger partial charge on any atom is 0.410 e. The molecule has 3 heterocycles. The number of fused-ring (bicyclic) bond motifs is 1. The van der Waals surface area contributed by atoms with Gasteiger partial charge in [0.15, 0.2) is 0 Å². The number of nitrogens with zero attached hydrogens (tertiary/aromatic N) is 3. The fraction of sp³-hybridized carbons (Fsp3) is 0.619. The first kappa shape index (κ1) is 25.1. The molecule has 3 aliphatic heterocycles. The van der Waals surface area contributed by atoms with Crippen molar-refractivity contribution in [2.75, 3.05) is 27.2 Å². The second-order valence-electron chi connectivity index (χ2n) is 8.50. The average Bonchev–Trinajstić information content (AvgIpc) is 3.24. The van der Waals surface area contributed by atoms with Gasteiger partial charge in [0.05, 0.1) is 18.1 Å². The maximum absolute atomic E-state index is 12.6. The fourth-order valence-corrected chi connectivity index (χ4v) is 6.14. The Kier molecular flexibility index (Phi) is 7.39. The van der Waals surface area contributed by atoms with Crippen molar-refractivity contribution in [1.82, 2.24) is 14.9 Å². The summed E-state index contributed by atoms with van der Waals surface area (Å²) < 4.78 is 5.11. The van der Waals surface area contributed by atoms with Crippen molar-refractivity contribution in [3.63, 3.8) is 0 Å². The van der Waals surface area contributed by atoms with E-state index in [2.05, 4.69) is 6.58 Å². The Morgan fingerprint density at radius 2 is 2.03 bits per heavy atom. The Morgan fingerprint density at radius 1 is 1.36 bits per heavy atom. The molecule has 0 radical (unpaired) electrons. The van der Waals surface area contributed by atoms with E-state index < -0.39 is 48.0 Å². The van der Waals surface area contributed by atoms with Crippen molar-refractivity contribution in [2.45, 2.75) is 43.7 Å². The van der Waals surface area contributed by atoms with Gasteiger partial charge >= 0.3 is 18.0 Å². The Balaban J connectivity index is 1.83. The van der Waals surface area contributed by atoms with Crippen molar-refractivity contribution >= 4 is 35.7 Å². The van der Waals surface area contributed by atoms with Crippen molar-refractivity contribution < 1.29 is 39.0 Å². The molecule has 11 nitrogen and oxygen atoms in total. The second-order valence-corrected chi connectivity index (χ2v) is 9.85. The molecule has 0 aliphatic carbocycles. The van der Waals surface area contributed by atoms with Gasteiger partial charge in [-0.3, -0.25) is 9.69 Å². The quantitative estimate of drug-likeness (QED) is 0.288. The molecular weight excluding hydrogens is 454 g/mol. The van der Waals surface area contributed by atoms with Crippen LogP contribution >= 0.6 is 11.8 Å². The summed E-state index contributed by atoms with van der Waals surface area (Å²) in [5, 5.41) is 20.7. The van der Waals surface area contributed by atoms with Gasteiger partial charge in [-0.15, -0.1) is 16.8 Å². The first-order chi connectivity index (χ1) is 15.5. The minimum Gasteiger partial charge on any atom is -0.477 e. The van der Waals surface area contributed by atoms with Crippen LogP contribution in [0.25, 0.3) is 0 Å². The van der Waals surface area contributed by atoms with Crippen molar-refractivity contribution in [1.29, 1.82) is 0 Å². The Bertz CT molecular complexity index is 889. The van der Waals surface area contributed by atoms with Crippen molar-refractivity contribution in [2.24, 2.45) is 11.8 Å². The predicted molar refractivity (Wildman–Crippen MR) is 117 cm³/mol. The first-order valence-corrected chi connectivity index (χ1v) is 11.5. The lowest BCUT2D eigenvalue weighted by Gasteiger charge is -2.46. The molecule has 33 heavy (non-hydrogen) atoms. The zero-order valence-electron chi connectivity index (χ0n) is 19.0. The van der Waals surface area contributed by atoms with Gasteiger partial charge < -0.3 is 24.7 Å². The van der Waals surface area contributed by atoms with Crippen LogP contribution in [-0.2, 0) is 24.0 Å². The summed E-state index contributed by atoms with van der Waals surface area (Å²) in [6.07, 6.45) is 0.0468. The number of rotatable bonds is 8. The number of carbonyl (C=O) groups is 4. The highest BCUT2D eigenvalue weighted by molar-refractivity contribution is 8.03. The Morgan fingerprint density at radius 3 is 2.58 bits per heavy atom. The number of carboxylic acids is 1. The predicted octanol–water partition coefficient (Wildman–Crippen LogP) is 0.659. The molecule has 6 atom stereocenters. The molecule has 0 bridgehead atoms. The zero-order chi connectivity index (χ0) is 24.6. The van der Waals surface area contributed by atoms with E-state index in [0.29, 0.717) is 4.91 Å². The zero-order valence-corrected chi connectivity index (χ0v) is 19.8. The summed E-state index contributed by atoms with van der Waals surface area (Å²) in [5.41, 5.74) is -0.0977. The highest BCUT2D eigenvalue weighted by atomic mass is 32.2. The third-order valence-electron chi connectivity index (χ3n) is 5.97. The summed E-state index contributed by atoms with van der Waals surface area (Å²) in [6, 6.07) is -1.34. The van der Waals surface area contributed by atoms with Gasteiger partial charge in [0.1, 0.15) is 18.3 Å². The Hall–Kier alpha value is -2.57. The molecule has 0 saturated carbocycles. The van der Waals surface area contributed by atoms with Crippen molar-refractivity contribution in [3.05, 3.63) is 23.3 Å². The normalized spacial score (nSPS) is 29.6. The van der Waals surface area contributed by atoms with E-state index in [1.807, 2.05) is 6.92 Å². The van der Waals surface area contributed by atoms with Crippen LogP contribution in [-0.4, -0.2) is 99.7 Å². The number of carboxylic acid groups (broad SMARTS) is 1. The Labute approximate surface area is 195 Å². The molecule has 0 spiro atoms. The largest absolute Gasteiger partial charge is 0.477 e. The molecule has 0 aromatic carbocycles. The summed E-state index contributed by atoms with van der Waals surface area (Å²) in [5.74, 6) is -3.24. The SMILES string of the molecule is C=CCOC(=O)N1C[C@@H](SC2=C(C(=O)O)N3C(=O)[C@H]([C@@H](C)O)[C@H]3[C@H]2C)C[C@H]1C(=O)ON(C)C. The average molecular weight is 484 g/mol. The minimum absolute atomic E-state index is 0.0204. The number of ether oxygens (including phenoxy) is 1. The van der Waals surface area contributed by atoms with Crippen LogP contribution in [0.15, 0.2) is 23.3 Å². The van der Waals surface area contributed by atoms with Gasteiger partial charge in [0.2, 0.25) is 5.91 Å². The molecule has 0 aromatic rings. The van der Waals surface area contributed by atoms with Crippen LogP contribution in [0, 0.1) is 11.8 Å². The number of hydroxylamine groups is 2. The van der Waals surface area contributed by atoms with Crippen LogP contribution in [0.1, 0.15) is 20.3 Å². The van der Waals surface area contributed by atoms with Gasteiger partial charge in [-0.2, -0.15) is 0 Å². The maximum atomic E-state index is 12.6. The number of β-lactam (4-membered cyclic amide) rings is 1. The molecule has 2 fully saturated rings. The summed E-state index contributed by atoms with van der Waals surface area (Å²) in [6.45, 7) is 6.95. The summed E-state index contributed by atoms with van der Waals surface area (Å²) in [4.78, 5) is 57.9. The van der Waals surface area contributed by atoms with E-state index in [9.17, 15) is 29.4 Å². The lowest BCUT2D eigenvalue weighted by molar-refractivity contribution is -0.183. The highest BCUT2D eigenvalue weighted by Crippen LogP contribution is 2.52. The molecule has 3 rings (SSSR count). The molecule has 182 valence electrons. The third-order valence-corrected chi connectivity index (χ3v) is 7.47. The van der Waals surface area contributed by atoms with Gasteiger partial charge in [0.25, 0.3) is 0 Å². The number of thioether (sulfide) groups is 1. The van der Waals surface area contributed by atoms with Crippen LogP contribution in [0.5, 0.6) is 0 Å². The first-order valence-electron chi connectivity index (χ1n) is 10.6. The van der Waals surface area contributed by atoms with Crippen LogP contribution in [0.2, 0.25) is 0 Å². The van der Waals surface area contributed by atoms with E-state index in [1.54, 1.807) is 14.1 Å². The number of amides is 2. The highest BCUT2D eigenvalue weighted by Gasteiger charge is 2.60. The summed E-state index contributed by atoms with van der Waals surface area (Å²) >= 11 is 1.24. The number of likely N-dealkylation sites (tertiary alicyclic amines) is 1. The standard InChI is InChI=1S/C21H29N3O8S/c1-6-7-31-21(30)23-9-12(8-13(23)20(29)32-22(4)5)33-17-10(2)15-14(11(3)25)18(26)24(15)16(17)19(27)28/h6,10-15,25H,1,7-9H2,2-5H3,(H,27,28)/t10-,11-,12+,13+,14-,15-/m1/s1. The van der Waals surface area contributed by atoms with E-state index in [4.69, 9.17) is 9.57 Å². The molecule has 0 aromatic heterocycles. The van der Waals surface area contributed by atoms with Crippen LogP contribution in [0.3, 0.4) is 0 Å². The molecule has 12 heteroatoms. The van der Waals surface area contributed by atoms with Gasteiger partial charge in [-0.1, -0.05) is 19.6 Å². The number of carbonyl (C=O) groups excluding carboxylic acids is 3. The van der Waals surface area contributed by atoms with E-state index in [0.717, 1.165) is 0 Å². The fourth-order valence-electron chi connectivity index (χ4n) is 4.62. The molecule has 2 saturated heterocycles. The molecular formula is C21H29N3O8S.